The molecular formula is C7H10N2O2. The number of ether oxygens (including phenoxy) is 1. The predicted molar refractivity (Wildman–Crippen MR) is 41.1 cm³/mol. The van der Waals surface area contributed by atoms with E-state index >= 15 is 0 Å². The number of pyridine rings is 1. The van der Waals surface area contributed by atoms with Crippen LogP contribution in [0.5, 0.6) is 5.75 Å². The first-order chi connectivity index (χ1) is 5.29. The van der Waals surface area contributed by atoms with Crippen LogP contribution in [0.15, 0.2) is 12.3 Å². The van der Waals surface area contributed by atoms with Crippen molar-refractivity contribution in [3.8, 4) is 5.75 Å². The van der Waals surface area contributed by atoms with Crippen LogP contribution in [0.3, 0.4) is 0 Å². The minimum absolute atomic E-state index is 0.0874. The molecule has 0 aliphatic heterocycles. The van der Waals surface area contributed by atoms with Gasteiger partial charge in [0.1, 0.15) is 0 Å². The highest BCUT2D eigenvalue weighted by atomic mass is 16.5. The second-order valence-corrected chi connectivity index (χ2v) is 2.05. The molecule has 0 unspecified atom stereocenters. The van der Waals surface area contributed by atoms with Gasteiger partial charge in [-0.1, -0.05) is 0 Å². The van der Waals surface area contributed by atoms with Crippen LogP contribution < -0.4 is 10.5 Å². The lowest BCUT2D eigenvalue weighted by molar-refractivity contribution is 0.274. The topological polar surface area (TPSA) is 68.4 Å². The highest BCUT2D eigenvalue weighted by molar-refractivity contribution is 5.50. The average molecular weight is 154 g/mol. The van der Waals surface area contributed by atoms with Crippen LogP contribution in [0, 0.1) is 0 Å². The number of nitrogens with zero attached hydrogens (tertiary/aromatic N) is 1. The lowest BCUT2D eigenvalue weighted by atomic mass is 10.2. The lowest BCUT2D eigenvalue weighted by Crippen LogP contribution is -1.99. The predicted octanol–water partition coefficient (Wildman–Crippen LogP) is 0.165. The summed E-state index contributed by atoms with van der Waals surface area (Å²) in [5, 5.41) is 8.81. The number of anilines is 1. The van der Waals surface area contributed by atoms with Crippen molar-refractivity contribution >= 4 is 5.82 Å². The maximum absolute atomic E-state index is 8.81. The van der Waals surface area contributed by atoms with Crippen molar-refractivity contribution in [1.29, 1.82) is 0 Å². The van der Waals surface area contributed by atoms with E-state index in [1.165, 1.54) is 13.3 Å². The summed E-state index contributed by atoms with van der Waals surface area (Å²) in [6.07, 6.45) is 1.53. The summed E-state index contributed by atoms with van der Waals surface area (Å²) in [7, 11) is 1.49. The van der Waals surface area contributed by atoms with E-state index in [4.69, 9.17) is 15.6 Å². The molecule has 0 spiro atoms. The van der Waals surface area contributed by atoms with Crippen LogP contribution in [0.1, 0.15) is 5.56 Å². The molecule has 0 fully saturated rings. The Hall–Kier alpha value is -1.29. The number of aliphatic hydroxyl groups excluding tert-OH is 1. The van der Waals surface area contributed by atoms with Gasteiger partial charge in [0.2, 0.25) is 0 Å². The fourth-order valence-corrected chi connectivity index (χ4v) is 0.867. The van der Waals surface area contributed by atoms with Crippen molar-refractivity contribution in [2.24, 2.45) is 0 Å². The molecule has 0 radical (unpaired) electrons. The first-order valence-electron chi connectivity index (χ1n) is 3.17. The number of rotatable bonds is 2. The Kier molecular flexibility index (Phi) is 2.28. The molecule has 1 rings (SSSR count). The van der Waals surface area contributed by atoms with Crippen molar-refractivity contribution in [2.75, 3.05) is 12.8 Å². The Balaban J connectivity index is 3.13. The minimum atomic E-state index is -0.0874. The van der Waals surface area contributed by atoms with Crippen molar-refractivity contribution in [3.05, 3.63) is 17.8 Å². The standard InChI is InChI=1S/C7H10N2O2/c1-11-6-5(4-10)2-3-9-7(6)8/h2-3,10H,4H2,1H3,(H2,8,9). The van der Waals surface area contributed by atoms with Crippen molar-refractivity contribution in [3.63, 3.8) is 0 Å². The normalized spacial score (nSPS) is 9.64. The van der Waals surface area contributed by atoms with Gasteiger partial charge in [0.15, 0.2) is 11.6 Å². The third-order valence-electron chi connectivity index (χ3n) is 1.39. The maximum Gasteiger partial charge on any atom is 0.166 e. The Morgan fingerprint density at radius 3 is 2.91 bits per heavy atom. The molecule has 11 heavy (non-hydrogen) atoms. The Morgan fingerprint density at radius 1 is 1.73 bits per heavy atom. The van der Waals surface area contributed by atoms with E-state index in [0.717, 1.165) is 0 Å². The molecule has 3 N–H and O–H groups in total. The van der Waals surface area contributed by atoms with Gasteiger partial charge in [-0.3, -0.25) is 0 Å². The van der Waals surface area contributed by atoms with Crippen molar-refractivity contribution in [2.45, 2.75) is 6.61 Å². The molecule has 1 heterocycles. The van der Waals surface area contributed by atoms with E-state index in [-0.39, 0.29) is 6.61 Å². The molecule has 0 aliphatic carbocycles. The van der Waals surface area contributed by atoms with Gasteiger partial charge in [-0.25, -0.2) is 4.98 Å². The maximum atomic E-state index is 8.81. The monoisotopic (exact) mass is 154 g/mol. The molecule has 0 amide bonds. The van der Waals surface area contributed by atoms with Crippen LogP contribution in [0.2, 0.25) is 0 Å². The molecule has 4 nitrogen and oxygen atoms in total. The van der Waals surface area contributed by atoms with Gasteiger partial charge in [0.05, 0.1) is 13.7 Å². The van der Waals surface area contributed by atoms with Crippen molar-refractivity contribution in [1.82, 2.24) is 4.98 Å². The molecule has 0 atom stereocenters. The zero-order valence-corrected chi connectivity index (χ0v) is 6.24. The van der Waals surface area contributed by atoms with Gasteiger partial charge >= 0.3 is 0 Å². The van der Waals surface area contributed by atoms with Crippen LogP contribution in [0.25, 0.3) is 0 Å². The first kappa shape index (κ1) is 7.81. The van der Waals surface area contributed by atoms with E-state index in [2.05, 4.69) is 4.98 Å². The minimum Gasteiger partial charge on any atom is -0.493 e. The Bertz CT molecular complexity index is 250. The molecule has 4 heteroatoms. The van der Waals surface area contributed by atoms with Gasteiger partial charge in [0.25, 0.3) is 0 Å². The number of aliphatic hydroxyl groups is 1. The van der Waals surface area contributed by atoms with Gasteiger partial charge in [0, 0.05) is 11.8 Å². The summed E-state index contributed by atoms with van der Waals surface area (Å²) in [6, 6.07) is 1.66. The number of methoxy groups -OCH3 is 1. The van der Waals surface area contributed by atoms with Crippen molar-refractivity contribution < 1.29 is 9.84 Å². The highest BCUT2D eigenvalue weighted by Gasteiger charge is 2.04. The summed E-state index contributed by atoms with van der Waals surface area (Å²) in [5.74, 6) is 0.758. The Labute approximate surface area is 64.6 Å². The number of hydrogen-bond acceptors (Lipinski definition) is 4. The smallest absolute Gasteiger partial charge is 0.166 e. The molecule has 0 saturated carbocycles. The molecule has 0 saturated heterocycles. The van der Waals surface area contributed by atoms with Gasteiger partial charge < -0.3 is 15.6 Å². The fourth-order valence-electron chi connectivity index (χ4n) is 0.867. The molecule has 0 bridgehead atoms. The van der Waals surface area contributed by atoms with Gasteiger partial charge in [-0.15, -0.1) is 0 Å². The fraction of sp³-hybridized carbons (Fsp3) is 0.286. The van der Waals surface area contributed by atoms with Gasteiger partial charge in [-0.2, -0.15) is 0 Å². The molecule has 1 aromatic rings. The van der Waals surface area contributed by atoms with Crippen LogP contribution in [-0.2, 0) is 6.61 Å². The third kappa shape index (κ3) is 1.40. The summed E-state index contributed by atoms with van der Waals surface area (Å²) in [6.45, 7) is -0.0874. The molecular weight excluding hydrogens is 144 g/mol. The summed E-state index contributed by atoms with van der Waals surface area (Å²) < 4.78 is 4.92. The number of nitrogens with two attached hydrogens (primary N) is 1. The highest BCUT2D eigenvalue weighted by Crippen LogP contribution is 2.22. The lowest BCUT2D eigenvalue weighted by Gasteiger charge is -2.06. The SMILES string of the molecule is COc1c(CO)ccnc1N. The zero-order chi connectivity index (χ0) is 8.27. The van der Waals surface area contributed by atoms with E-state index in [1.54, 1.807) is 6.07 Å². The largest absolute Gasteiger partial charge is 0.493 e. The Morgan fingerprint density at radius 2 is 2.45 bits per heavy atom. The van der Waals surface area contributed by atoms with E-state index in [1.807, 2.05) is 0 Å². The van der Waals surface area contributed by atoms with Crippen LogP contribution in [0.4, 0.5) is 5.82 Å². The zero-order valence-electron chi connectivity index (χ0n) is 6.24. The second-order valence-electron chi connectivity index (χ2n) is 2.05. The summed E-state index contributed by atoms with van der Waals surface area (Å²) in [4.78, 5) is 3.80. The molecule has 0 aliphatic rings. The van der Waals surface area contributed by atoms with Gasteiger partial charge in [-0.05, 0) is 6.07 Å². The third-order valence-corrected chi connectivity index (χ3v) is 1.39. The molecule has 0 aromatic carbocycles. The second kappa shape index (κ2) is 3.21. The number of nitrogen functional groups attached to an aromatic ring is 1. The average Bonchev–Trinajstić information content (AvgIpc) is 2.04. The summed E-state index contributed by atoms with van der Waals surface area (Å²) >= 11 is 0. The summed E-state index contributed by atoms with van der Waals surface area (Å²) in [5.41, 5.74) is 6.11. The van der Waals surface area contributed by atoms with E-state index in [0.29, 0.717) is 17.1 Å². The number of aromatic nitrogens is 1. The molecule has 1 aromatic heterocycles. The number of hydrogen-bond donors (Lipinski definition) is 2. The van der Waals surface area contributed by atoms with Crippen LogP contribution >= 0.6 is 0 Å². The van der Waals surface area contributed by atoms with E-state index < -0.39 is 0 Å². The van der Waals surface area contributed by atoms with E-state index in [9.17, 15) is 0 Å². The quantitative estimate of drug-likeness (QED) is 0.637. The van der Waals surface area contributed by atoms with Crippen LogP contribution in [-0.4, -0.2) is 17.2 Å². The molecule has 60 valence electrons. The first-order valence-corrected chi connectivity index (χ1v) is 3.17.